The van der Waals surface area contributed by atoms with Gasteiger partial charge >= 0.3 is 11.9 Å². The summed E-state index contributed by atoms with van der Waals surface area (Å²) in [6.07, 6.45) is 4.66. The zero-order valence-electron chi connectivity index (χ0n) is 18.2. The van der Waals surface area contributed by atoms with Crippen molar-refractivity contribution in [2.75, 3.05) is 0 Å². The van der Waals surface area contributed by atoms with Crippen molar-refractivity contribution in [3.8, 4) is 0 Å². The number of carboxylic acid groups (broad SMARTS) is 1. The van der Waals surface area contributed by atoms with Gasteiger partial charge in [-0.1, -0.05) is 13.8 Å². The summed E-state index contributed by atoms with van der Waals surface area (Å²) in [5.41, 5.74) is 0. The molecule has 0 aromatic rings. The van der Waals surface area contributed by atoms with Crippen LogP contribution in [0.15, 0.2) is 0 Å². The van der Waals surface area contributed by atoms with Gasteiger partial charge in [0.1, 0.15) is 6.10 Å². The molecule has 29 heavy (non-hydrogen) atoms. The second-order valence-corrected chi connectivity index (χ2v) is 8.66. The monoisotopic (exact) mass is 414 g/mol. The van der Waals surface area contributed by atoms with Crippen LogP contribution in [0.4, 0.5) is 0 Å². The highest BCUT2D eigenvalue weighted by Crippen LogP contribution is 2.31. The van der Waals surface area contributed by atoms with Crippen LogP contribution in [0.2, 0.25) is 0 Å². The number of hydrogen-bond donors (Lipinski definition) is 2. The van der Waals surface area contributed by atoms with Crippen molar-refractivity contribution in [1.29, 1.82) is 0 Å². The number of aliphatic hydroxyl groups is 1. The highest BCUT2D eigenvalue weighted by Gasteiger charge is 2.37. The van der Waals surface area contributed by atoms with Crippen LogP contribution < -0.4 is 0 Å². The maximum atomic E-state index is 12.6. The molecule has 2 aliphatic rings. The number of esters is 1. The lowest BCUT2D eigenvalue weighted by Crippen LogP contribution is -2.33. The first-order valence-corrected chi connectivity index (χ1v) is 11.2. The molecule has 0 unspecified atom stereocenters. The predicted octanol–water partition coefficient (Wildman–Crippen LogP) is 3.31. The largest absolute Gasteiger partial charge is 0.481 e. The van der Waals surface area contributed by atoms with Gasteiger partial charge in [0.05, 0.1) is 42.4 Å². The molecule has 2 N–H and O–H groups in total. The number of ether oxygens (including phenoxy) is 3. The molecule has 0 amide bonds. The van der Waals surface area contributed by atoms with E-state index in [1.54, 1.807) is 6.92 Å². The Morgan fingerprint density at radius 1 is 0.931 bits per heavy atom. The lowest BCUT2D eigenvalue weighted by Gasteiger charge is -2.25. The summed E-state index contributed by atoms with van der Waals surface area (Å²) in [6.45, 7) is 7.43. The van der Waals surface area contributed by atoms with Crippen LogP contribution in [0.25, 0.3) is 0 Å². The van der Waals surface area contributed by atoms with Crippen molar-refractivity contribution >= 4 is 11.9 Å². The molecule has 2 aliphatic heterocycles. The fourth-order valence-corrected chi connectivity index (χ4v) is 4.19. The molecular formula is C22H38O7. The third-order valence-corrected chi connectivity index (χ3v) is 6.43. The summed E-state index contributed by atoms with van der Waals surface area (Å²) in [5, 5.41) is 19.0. The smallest absolute Gasteiger partial charge is 0.311 e. The number of aliphatic hydroxyl groups excluding tert-OH is 1. The van der Waals surface area contributed by atoms with Gasteiger partial charge in [-0.05, 0) is 58.8 Å². The van der Waals surface area contributed by atoms with E-state index in [4.69, 9.17) is 19.3 Å². The van der Waals surface area contributed by atoms with E-state index in [-0.39, 0.29) is 48.5 Å². The molecule has 0 saturated carbocycles. The predicted molar refractivity (Wildman–Crippen MR) is 107 cm³/mol. The van der Waals surface area contributed by atoms with Gasteiger partial charge in [-0.2, -0.15) is 0 Å². The van der Waals surface area contributed by atoms with Crippen molar-refractivity contribution in [1.82, 2.24) is 0 Å². The van der Waals surface area contributed by atoms with Gasteiger partial charge in [-0.25, -0.2) is 0 Å². The van der Waals surface area contributed by atoms with Crippen molar-refractivity contribution < 1.29 is 34.0 Å². The first-order chi connectivity index (χ1) is 13.7. The first-order valence-electron chi connectivity index (χ1n) is 11.2. The molecule has 2 heterocycles. The second kappa shape index (κ2) is 11.3. The lowest BCUT2D eigenvalue weighted by molar-refractivity contribution is -0.160. The van der Waals surface area contributed by atoms with Gasteiger partial charge in [0.15, 0.2) is 0 Å². The summed E-state index contributed by atoms with van der Waals surface area (Å²) >= 11 is 0. The topological polar surface area (TPSA) is 102 Å². The van der Waals surface area contributed by atoms with Crippen LogP contribution in [-0.4, -0.2) is 58.8 Å². The Labute approximate surface area is 174 Å². The SMILES string of the molecule is CC[C@@H](O)C[C@@H]1CC[C@H]([C@@H](C)C(=O)O[C@@H](CC)C[C@@H]2CC[C@H]([C@@H](C)C(=O)O)O2)O1. The molecule has 0 spiro atoms. The molecule has 2 saturated heterocycles. The molecular weight excluding hydrogens is 376 g/mol. The third-order valence-electron chi connectivity index (χ3n) is 6.43. The normalized spacial score (nSPS) is 31.2. The Bertz CT molecular complexity index is 537. The quantitative estimate of drug-likeness (QED) is 0.500. The molecule has 7 nitrogen and oxygen atoms in total. The Morgan fingerprint density at radius 3 is 2.00 bits per heavy atom. The zero-order valence-corrected chi connectivity index (χ0v) is 18.2. The Hall–Kier alpha value is -1.18. The van der Waals surface area contributed by atoms with Gasteiger partial charge < -0.3 is 24.4 Å². The van der Waals surface area contributed by atoms with Crippen LogP contribution in [0.3, 0.4) is 0 Å². The van der Waals surface area contributed by atoms with Gasteiger partial charge in [0.25, 0.3) is 0 Å². The second-order valence-electron chi connectivity index (χ2n) is 8.66. The average Bonchev–Trinajstić information content (AvgIpc) is 3.35. The van der Waals surface area contributed by atoms with Crippen LogP contribution >= 0.6 is 0 Å². The van der Waals surface area contributed by atoms with Gasteiger partial charge in [-0.3, -0.25) is 9.59 Å². The number of hydrogen-bond acceptors (Lipinski definition) is 6. The van der Waals surface area contributed by atoms with Gasteiger partial charge in [-0.15, -0.1) is 0 Å². The van der Waals surface area contributed by atoms with Crippen LogP contribution in [0.5, 0.6) is 0 Å². The molecule has 0 radical (unpaired) electrons. The fourth-order valence-electron chi connectivity index (χ4n) is 4.19. The van der Waals surface area contributed by atoms with Crippen LogP contribution in [0, 0.1) is 11.8 Å². The van der Waals surface area contributed by atoms with E-state index < -0.39 is 11.9 Å². The molecule has 8 atom stereocenters. The van der Waals surface area contributed by atoms with E-state index in [1.165, 1.54) is 0 Å². The zero-order chi connectivity index (χ0) is 21.6. The first kappa shape index (κ1) is 24.1. The molecule has 0 aliphatic carbocycles. The number of aliphatic carboxylic acids is 1. The summed E-state index contributed by atoms with van der Waals surface area (Å²) in [6, 6.07) is 0. The minimum absolute atomic E-state index is 0.00668. The van der Waals surface area contributed by atoms with E-state index in [1.807, 2.05) is 20.8 Å². The van der Waals surface area contributed by atoms with Gasteiger partial charge in [0, 0.05) is 6.42 Å². The highest BCUT2D eigenvalue weighted by molar-refractivity contribution is 5.73. The minimum atomic E-state index is -0.843. The van der Waals surface area contributed by atoms with Crippen molar-refractivity contribution in [2.45, 2.75) is 116 Å². The average molecular weight is 415 g/mol. The summed E-state index contributed by atoms with van der Waals surface area (Å²) in [7, 11) is 0. The summed E-state index contributed by atoms with van der Waals surface area (Å²) in [5.74, 6) is -1.98. The minimum Gasteiger partial charge on any atom is -0.481 e. The van der Waals surface area contributed by atoms with E-state index in [2.05, 4.69) is 0 Å². The molecule has 0 aromatic carbocycles. The molecule has 7 heteroatoms. The Balaban J connectivity index is 1.78. The van der Waals surface area contributed by atoms with E-state index in [0.29, 0.717) is 25.7 Å². The van der Waals surface area contributed by atoms with Crippen LogP contribution in [0.1, 0.15) is 79.1 Å². The molecule has 0 bridgehead atoms. The number of carbonyl (C=O) groups is 2. The summed E-state index contributed by atoms with van der Waals surface area (Å²) in [4.78, 5) is 23.8. The standard InChI is InChI=1S/C22H38O7/c1-5-15(23)11-17-7-10-20(27-17)14(4)22(26)29-16(6-2)12-18-8-9-19(28-18)13(3)21(24)25/h13-20,23H,5-12H2,1-4H3,(H,24,25)/t13-,14-,15-,16+,17+,18+,19-,20-/m1/s1. The number of carbonyl (C=O) groups excluding carboxylic acids is 1. The number of rotatable bonds is 11. The Kier molecular flexibility index (Phi) is 9.37. The third kappa shape index (κ3) is 6.93. The van der Waals surface area contributed by atoms with E-state index in [9.17, 15) is 14.7 Å². The maximum Gasteiger partial charge on any atom is 0.311 e. The fraction of sp³-hybridized carbons (Fsp3) is 0.909. The Morgan fingerprint density at radius 2 is 1.48 bits per heavy atom. The summed E-state index contributed by atoms with van der Waals surface area (Å²) < 4.78 is 17.6. The maximum absolute atomic E-state index is 12.6. The molecule has 0 aromatic heterocycles. The van der Waals surface area contributed by atoms with E-state index in [0.717, 1.165) is 25.7 Å². The molecule has 168 valence electrons. The molecule has 2 fully saturated rings. The lowest BCUT2D eigenvalue weighted by atomic mass is 10.00. The highest BCUT2D eigenvalue weighted by atomic mass is 16.6. The van der Waals surface area contributed by atoms with Crippen molar-refractivity contribution in [3.05, 3.63) is 0 Å². The van der Waals surface area contributed by atoms with Crippen molar-refractivity contribution in [3.63, 3.8) is 0 Å². The van der Waals surface area contributed by atoms with Crippen molar-refractivity contribution in [2.24, 2.45) is 11.8 Å². The van der Waals surface area contributed by atoms with E-state index >= 15 is 0 Å². The number of carboxylic acids is 1. The van der Waals surface area contributed by atoms with Gasteiger partial charge in [0.2, 0.25) is 0 Å². The molecule has 2 rings (SSSR count). The van der Waals surface area contributed by atoms with Crippen LogP contribution in [-0.2, 0) is 23.8 Å².